The van der Waals surface area contributed by atoms with Crippen molar-refractivity contribution in [2.24, 2.45) is 0 Å². The summed E-state index contributed by atoms with van der Waals surface area (Å²) < 4.78 is 26.2. The van der Waals surface area contributed by atoms with Gasteiger partial charge >= 0.3 is 5.97 Å². The van der Waals surface area contributed by atoms with Crippen molar-refractivity contribution in [3.8, 4) is 5.75 Å². The lowest BCUT2D eigenvalue weighted by atomic mass is 9.99. The number of carbonyl (C=O) groups excluding carboxylic acids is 1. The van der Waals surface area contributed by atoms with E-state index in [0.717, 1.165) is 11.3 Å². The second-order valence-corrected chi connectivity index (χ2v) is 8.48. The molecule has 1 unspecified atom stereocenters. The monoisotopic (exact) mass is 419 g/mol. The highest BCUT2D eigenvalue weighted by atomic mass is 79.9. The number of benzene rings is 1. The standard InChI is InChI=1S/C16H19BrFNO4S/c1-6-22-14(21)12(23-16(3,4)5)8-7(2)9(18)10-13(11(8)20)24-15(17)19-10/h12,20H,6H2,1-5H3. The van der Waals surface area contributed by atoms with Crippen molar-refractivity contribution in [1.29, 1.82) is 0 Å². The topological polar surface area (TPSA) is 68.7 Å². The molecule has 1 atom stereocenters. The van der Waals surface area contributed by atoms with Gasteiger partial charge in [-0.2, -0.15) is 0 Å². The highest BCUT2D eigenvalue weighted by Gasteiger charge is 2.34. The molecule has 1 N–H and O–H groups in total. The van der Waals surface area contributed by atoms with Crippen molar-refractivity contribution in [3.05, 3.63) is 20.9 Å². The Hall–Kier alpha value is -1.25. The summed E-state index contributed by atoms with van der Waals surface area (Å²) >= 11 is 4.27. The van der Waals surface area contributed by atoms with Crippen LogP contribution in [0.3, 0.4) is 0 Å². The molecule has 0 radical (unpaired) electrons. The highest BCUT2D eigenvalue weighted by molar-refractivity contribution is 9.11. The molecule has 24 heavy (non-hydrogen) atoms. The number of halogens is 2. The van der Waals surface area contributed by atoms with Crippen molar-refractivity contribution >= 4 is 43.5 Å². The van der Waals surface area contributed by atoms with E-state index < -0.39 is 23.5 Å². The van der Waals surface area contributed by atoms with Gasteiger partial charge in [0.15, 0.2) is 15.8 Å². The van der Waals surface area contributed by atoms with Gasteiger partial charge in [0.25, 0.3) is 0 Å². The summed E-state index contributed by atoms with van der Waals surface area (Å²) in [5.74, 6) is -1.48. The van der Waals surface area contributed by atoms with Gasteiger partial charge in [-0.15, -0.1) is 11.3 Å². The smallest absolute Gasteiger partial charge is 0.340 e. The van der Waals surface area contributed by atoms with Crippen LogP contribution in [0.15, 0.2) is 3.92 Å². The Balaban J connectivity index is 2.71. The largest absolute Gasteiger partial charge is 0.506 e. The fourth-order valence-corrected chi connectivity index (χ4v) is 3.72. The molecule has 132 valence electrons. The van der Waals surface area contributed by atoms with E-state index in [2.05, 4.69) is 20.9 Å². The number of fused-ring (bicyclic) bond motifs is 1. The number of thiazole rings is 1. The molecule has 1 heterocycles. The number of ether oxygens (including phenoxy) is 2. The summed E-state index contributed by atoms with van der Waals surface area (Å²) in [6.07, 6.45) is -1.23. The molecule has 2 rings (SSSR count). The third-order valence-electron chi connectivity index (χ3n) is 3.25. The molecule has 1 aromatic carbocycles. The third kappa shape index (κ3) is 3.70. The Kier molecular flexibility index (Phi) is 5.51. The number of phenolic OH excluding ortho intramolecular Hbond substituents is 1. The molecule has 0 spiro atoms. The van der Waals surface area contributed by atoms with Crippen LogP contribution in [-0.4, -0.2) is 28.3 Å². The summed E-state index contributed by atoms with van der Waals surface area (Å²) in [5, 5.41) is 10.6. The summed E-state index contributed by atoms with van der Waals surface area (Å²) in [6, 6.07) is 0. The number of aromatic hydroxyl groups is 1. The lowest BCUT2D eigenvalue weighted by Crippen LogP contribution is -2.29. The lowest BCUT2D eigenvalue weighted by Gasteiger charge is -2.28. The van der Waals surface area contributed by atoms with Crippen LogP contribution in [0.5, 0.6) is 5.75 Å². The summed E-state index contributed by atoms with van der Waals surface area (Å²) in [5.41, 5.74) is -0.454. The van der Waals surface area contributed by atoms with E-state index in [1.807, 2.05) is 0 Å². The second kappa shape index (κ2) is 6.93. The minimum atomic E-state index is -1.23. The first-order valence-electron chi connectivity index (χ1n) is 7.38. The Morgan fingerprint density at radius 3 is 2.62 bits per heavy atom. The van der Waals surface area contributed by atoms with Gasteiger partial charge in [0.1, 0.15) is 16.0 Å². The van der Waals surface area contributed by atoms with E-state index in [0.29, 0.717) is 3.92 Å². The van der Waals surface area contributed by atoms with E-state index in [-0.39, 0.29) is 33.7 Å². The maximum Gasteiger partial charge on any atom is 0.340 e. The number of hydrogen-bond donors (Lipinski definition) is 1. The van der Waals surface area contributed by atoms with Crippen LogP contribution in [0.25, 0.3) is 10.2 Å². The molecule has 5 nitrogen and oxygen atoms in total. The van der Waals surface area contributed by atoms with Crippen LogP contribution < -0.4 is 0 Å². The number of esters is 1. The van der Waals surface area contributed by atoms with Crippen LogP contribution in [0.4, 0.5) is 4.39 Å². The van der Waals surface area contributed by atoms with Gasteiger partial charge in [-0.3, -0.25) is 0 Å². The van der Waals surface area contributed by atoms with Gasteiger partial charge in [0.2, 0.25) is 0 Å². The molecule has 0 aliphatic carbocycles. The van der Waals surface area contributed by atoms with Gasteiger partial charge in [0.05, 0.1) is 12.2 Å². The molecular formula is C16H19BrFNO4S. The fraction of sp³-hybridized carbons (Fsp3) is 0.500. The van der Waals surface area contributed by atoms with Crippen molar-refractivity contribution in [2.75, 3.05) is 6.61 Å². The predicted octanol–water partition coefficient (Wildman–Crippen LogP) is 4.63. The first-order valence-corrected chi connectivity index (χ1v) is 8.99. The highest BCUT2D eigenvalue weighted by Crippen LogP contribution is 2.43. The van der Waals surface area contributed by atoms with E-state index >= 15 is 0 Å². The average Bonchev–Trinajstić information content (AvgIpc) is 2.85. The molecule has 8 heteroatoms. The quantitative estimate of drug-likeness (QED) is 0.731. The number of rotatable bonds is 4. The summed E-state index contributed by atoms with van der Waals surface area (Å²) in [7, 11) is 0. The molecule has 0 aliphatic heterocycles. The number of aromatic nitrogens is 1. The molecule has 0 saturated heterocycles. The van der Waals surface area contributed by atoms with Crippen LogP contribution in [0.2, 0.25) is 0 Å². The average molecular weight is 420 g/mol. The lowest BCUT2D eigenvalue weighted by molar-refractivity contribution is -0.167. The Labute approximate surface area is 151 Å². The Morgan fingerprint density at radius 2 is 2.08 bits per heavy atom. The Morgan fingerprint density at radius 1 is 1.46 bits per heavy atom. The molecule has 0 aliphatic rings. The van der Waals surface area contributed by atoms with Gasteiger partial charge in [-0.05, 0) is 56.1 Å². The molecule has 0 fully saturated rings. The predicted molar refractivity (Wildman–Crippen MR) is 93.9 cm³/mol. The number of carbonyl (C=O) groups is 1. The molecular weight excluding hydrogens is 401 g/mol. The van der Waals surface area contributed by atoms with E-state index in [1.165, 1.54) is 6.92 Å². The van der Waals surface area contributed by atoms with Crippen molar-refractivity contribution in [3.63, 3.8) is 0 Å². The number of hydrogen-bond acceptors (Lipinski definition) is 6. The van der Waals surface area contributed by atoms with Gasteiger partial charge in [-0.25, -0.2) is 14.2 Å². The van der Waals surface area contributed by atoms with Crippen molar-refractivity contribution in [2.45, 2.75) is 46.3 Å². The SMILES string of the molecule is CCOC(=O)C(OC(C)(C)C)c1c(C)c(F)c2nc(Br)sc2c1O. The number of phenols is 1. The molecule has 0 bridgehead atoms. The van der Waals surface area contributed by atoms with Crippen LogP contribution in [0.1, 0.15) is 44.9 Å². The zero-order valence-electron chi connectivity index (χ0n) is 14.1. The van der Waals surface area contributed by atoms with Crippen LogP contribution >= 0.6 is 27.3 Å². The maximum absolute atomic E-state index is 14.7. The third-order valence-corrected chi connectivity index (χ3v) is 4.76. The van der Waals surface area contributed by atoms with Gasteiger partial charge in [-0.1, -0.05) is 0 Å². The van der Waals surface area contributed by atoms with E-state index in [4.69, 9.17) is 9.47 Å². The zero-order valence-corrected chi connectivity index (χ0v) is 16.5. The molecule has 0 amide bonds. The van der Waals surface area contributed by atoms with Crippen LogP contribution in [-0.2, 0) is 14.3 Å². The second-order valence-electron chi connectivity index (χ2n) is 6.21. The Bertz CT molecular complexity index is 785. The molecule has 0 saturated carbocycles. The fourth-order valence-electron chi connectivity index (χ4n) is 2.32. The van der Waals surface area contributed by atoms with E-state index in [1.54, 1.807) is 27.7 Å². The van der Waals surface area contributed by atoms with Gasteiger partial charge < -0.3 is 14.6 Å². The first-order chi connectivity index (χ1) is 11.1. The van der Waals surface area contributed by atoms with Crippen molar-refractivity contribution < 1.29 is 23.8 Å². The zero-order chi connectivity index (χ0) is 18.2. The van der Waals surface area contributed by atoms with Crippen LogP contribution in [0, 0.1) is 12.7 Å². The first kappa shape index (κ1) is 19.1. The normalized spacial score (nSPS) is 13.3. The van der Waals surface area contributed by atoms with Crippen molar-refractivity contribution in [1.82, 2.24) is 4.98 Å². The summed E-state index contributed by atoms with van der Waals surface area (Å²) in [4.78, 5) is 16.4. The maximum atomic E-state index is 14.7. The molecule has 2 aromatic rings. The minimum Gasteiger partial charge on any atom is -0.506 e. The summed E-state index contributed by atoms with van der Waals surface area (Å²) in [6.45, 7) is 8.61. The number of nitrogens with zero attached hydrogens (tertiary/aromatic N) is 1. The minimum absolute atomic E-state index is 0.0593. The molecule has 1 aromatic heterocycles. The van der Waals surface area contributed by atoms with Gasteiger partial charge in [0, 0.05) is 5.56 Å². The van der Waals surface area contributed by atoms with E-state index in [9.17, 15) is 14.3 Å².